The lowest BCUT2D eigenvalue weighted by molar-refractivity contribution is 0.0658. The third-order valence-corrected chi connectivity index (χ3v) is 9.26. The molecule has 0 N–H and O–H groups in total. The van der Waals surface area contributed by atoms with Crippen molar-refractivity contribution in [1.82, 2.24) is 19.0 Å². The fourth-order valence-electron chi connectivity index (χ4n) is 5.32. The molecule has 1 saturated carbocycles. The summed E-state index contributed by atoms with van der Waals surface area (Å²) >= 11 is 0. The second kappa shape index (κ2) is 10.1. The molecule has 0 saturated heterocycles. The molecule has 186 valence electrons. The maximum absolute atomic E-state index is 14.1. The van der Waals surface area contributed by atoms with Gasteiger partial charge in [-0.15, -0.1) is 0 Å². The van der Waals surface area contributed by atoms with Crippen molar-refractivity contribution in [2.75, 3.05) is 20.1 Å². The van der Waals surface area contributed by atoms with Gasteiger partial charge in [0, 0.05) is 26.7 Å². The van der Waals surface area contributed by atoms with Crippen LogP contribution in [0.15, 0.2) is 29.2 Å². The molecule has 2 aromatic rings. The van der Waals surface area contributed by atoms with Crippen molar-refractivity contribution in [2.24, 2.45) is 0 Å². The summed E-state index contributed by atoms with van der Waals surface area (Å²) < 4.78 is 38.2. The van der Waals surface area contributed by atoms with Crippen LogP contribution in [0.3, 0.4) is 0 Å². The third kappa shape index (κ3) is 4.60. The number of aromatic nitrogens is 2. The van der Waals surface area contributed by atoms with Gasteiger partial charge in [0.25, 0.3) is 5.91 Å². The van der Waals surface area contributed by atoms with Gasteiger partial charge in [-0.3, -0.25) is 9.48 Å². The topological polar surface area (TPSA) is 84.7 Å². The van der Waals surface area contributed by atoms with Crippen molar-refractivity contribution < 1.29 is 17.9 Å². The zero-order valence-corrected chi connectivity index (χ0v) is 21.5. The van der Waals surface area contributed by atoms with Crippen molar-refractivity contribution in [1.29, 1.82) is 0 Å². The van der Waals surface area contributed by atoms with Crippen LogP contribution in [0.25, 0.3) is 0 Å². The van der Waals surface area contributed by atoms with Crippen LogP contribution in [0.2, 0.25) is 0 Å². The summed E-state index contributed by atoms with van der Waals surface area (Å²) in [7, 11) is -2.00. The number of aryl methyl sites for hydroxylation is 2. The SMILES string of the molecule is CCn1nc(C)c(S(=O)(=O)N2CCCCN(C)C(=O)c3ccccc3O[C@H]3CCCC[C@H]32)c1C. The minimum Gasteiger partial charge on any atom is -0.488 e. The summed E-state index contributed by atoms with van der Waals surface area (Å²) in [6, 6.07) is 7.01. The minimum absolute atomic E-state index is 0.0637. The van der Waals surface area contributed by atoms with Gasteiger partial charge in [-0.1, -0.05) is 18.6 Å². The maximum Gasteiger partial charge on any atom is 0.257 e. The predicted molar refractivity (Wildman–Crippen MR) is 131 cm³/mol. The molecule has 0 spiro atoms. The third-order valence-electron chi connectivity index (χ3n) is 7.08. The number of hydrogen-bond acceptors (Lipinski definition) is 5. The second-order valence-corrected chi connectivity index (χ2v) is 11.2. The van der Waals surface area contributed by atoms with E-state index in [0.717, 1.165) is 32.1 Å². The molecule has 1 amide bonds. The Morgan fingerprint density at radius 3 is 2.50 bits per heavy atom. The highest BCUT2D eigenvalue weighted by atomic mass is 32.2. The highest BCUT2D eigenvalue weighted by Crippen LogP contribution is 2.34. The van der Waals surface area contributed by atoms with Crippen LogP contribution >= 0.6 is 0 Å². The van der Waals surface area contributed by atoms with Crippen LogP contribution in [0.4, 0.5) is 0 Å². The Balaban J connectivity index is 1.78. The van der Waals surface area contributed by atoms with E-state index in [4.69, 9.17) is 4.74 Å². The molecule has 9 heteroatoms. The Morgan fingerprint density at radius 2 is 1.76 bits per heavy atom. The average molecular weight is 489 g/mol. The van der Waals surface area contributed by atoms with Gasteiger partial charge < -0.3 is 9.64 Å². The molecule has 0 unspecified atom stereocenters. The van der Waals surface area contributed by atoms with Gasteiger partial charge in [0.2, 0.25) is 10.0 Å². The number of carbonyl (C=O) groups excluding carboxylic acids is 1. The van der Waals surface area contributed by atoms with Crippen molar-refractivity contribution in [3.63, 3.8) is 0 Å². The number of amides is 1. The fourth-order valence-corrected chi connectivity index (χ4v) is 7.41. The molecule has 34 heavy (non-hydrogen) atoms. The Hall–Kier alpha value is -2.39. The number of nitrogens with zero attached hydrogens (tertiary/aromatic N) is 4. The molecule has 2 atom stereocenters. The van der Waals surface area contributed by atoms with Gasteiger partial charge in [0.1, 0.15) is 16.7 Å². The first kappa shape index (κ1) is 24.7. The Kier molecular flexibility index (Phi) is 7.33. The van der Waals surface area contributed by atoms with Crippen molar-refractivity contribution in [2.45, 2.75) is 82.9 Å². The quantitative estimate of drug-likeness (QED) is 0.657. The van der Waals surface area contributed by atoms with E-state index in [-0.39, 0.29) is 18.1 Å². The van der Waals surface area contributed by atoms with Crippen LogP contribution in [0.1, 0.15) is 67.2 Å². The number of hydrogen-bond donors (Lipinski definition) is 0. The molecule has 1 aromatic heterocycles. The Bertz CT molecular complexity index is 1140. The highest BCUT2D eigenvalue weighted by Gasteiger charge is 2.41. The summed E-state index contributed by atoms with van der Waals surface area (Å²) in [4.78, 5) is 15.1. The van der Waals surface area contributed by atoms with Gasteiger partial charge >= 0.3 is 0 Å². The standard InChI is InChI=1S/C25H36N4O4S/c1-5-28-19(3)24(18(2)26-28)34(31,32)29-17-11-10-16-27(4)25(30)20-12-6-8-14-22(20)33-23-15-9-7-13-21(23)29/h6,8,12,14,21,23H,5,7,9-11,13,15-17H2,1-4H3/t21-,23+/m1/s1. The number of ether oxygens (including phenoxy) is 1. The van der Waals surface area contributed by atoms with Gasteiger partial charge in [0.15, 0.2) is 0 Å². The molecule has 0 radical (unpaired) electrons. The number of fused-ring (bicyclic) bond motifs is 2. The predicted octanol–water partition coefficient (Wildman–Crippen LogP) is 3.77. The molecular formula is C25H36N4O4S. The van der Waals surface area contributed by atoms with Gasteiger partial charge in [-0.25, -0.2) is 8.42 Å². The van der Waals surface area contributed by atoms with Crippen LogP contribution in [0, 0.1) is 13.8 Å². The van der Waals surface area contributed by atoms with E-state index >= 15 is 0 Å². The van der Waals surface area contributed by atoms with Crippen LogP contribution in [0.5, 0.6) is 5.75 Å². The van der Waals surface area contributed by atoms with E-state index in [1.54, 1.807) is 33.9 Å². The highest BCUT2D eigenvalue weighted by molar-refractivity contribution is 7.89. The molecule has 4 rings (SSSR count). The van der Waals surface area contributed by atoms with E-state index in [2.05, 4.69) is 5.10 Å². The number of rotatable bonds is 3. The lowest BCUT2D eigenvalue weighted by Gasteiger charge is -2.39. The number of benzene rings is 1. The lowest BCUT2D eigenvalue weighted by Crippen LogP contribution is -2.51. The van der Waals surface area contributed by atoms with Crippen molar-refractivity contribution in [3.8, 4) is 5.75 Å². The summed E-state index contributed by atoms with van der Waals surface area (Å²) in [5, 5.41) is 4.48. The molecule has 8 nitrogen and oxygen atoms in total. The van der Waals surface area contributed by atoms with E-state index in [9.17, 15) is 13.2 Å². The monoisotopic (exact) mass is 488 g/mol. The smallest absolute Gasteiger partial charge is 0.257 e. The number of carbonyl (C=O) groups is 1. The van der Waals surface area contributed by atoms with E-state index in [1.165, 1.54) is 0 Å². The van der Waals surface area contributed by atoms with Crippen molar-refractivity contribution in [3.05, 3.63) is 41.2 Å². The molecule has 1 aliphatic heterocycles. The van der Waals surface area contributed by atoms with Gasteiger partial charge in [-0.05, 0) is 65.0 Å². The first-order chi connectivity index (χ1) is 16.3. The van der Waals surface area contributed by atoms with E-state index in [1.807, 2.05) is 32.0 Å². The normalized spacial score (nSPS) is 22.8. The fraction of sp³-hybridized carbons (Fsp3) is 0.600. The molecule has 1 aromatic carbocycles. The maximum atomic E-state index is 14.1. The summed E-state index contributed by atoms with van der Waals surface area (Å²) in [5.41, 5.74) is 1.74. The molecule has 2 heterocycles. The molecular weight excluding hydrogens is 452 g/mol. The Labute approximate surface area is 202 Å². The number of sulfonamides is 1. The second-order valence-electron chi connectivity index (χ2n) is 9.37. The molecule has 1 aliphatic carbocycles. The molecule has 0 bridgehead atoms. The first-order valence-electron chi connectivity index (χ1n) is 12.3. The largest absolute Gasteiger partial charge is 0.488 e. The molecule has 1 fully saturated rings. The lowest BCUT2D eigenvalue weighted by atomic mass is 9.92. The van der Waals surface area contributed by atoms with E-state index in [0.29, 0.717) is 53.7 Å². The van der Waals surface area contributed by atoms with Crippen LogP contribution < -0.4 is 4.74 Å². The first-order valence-corrected chi connectivity index (χ1v) is 13.8. The zero-order chi connectivity index (χ0) is 24.5. The van der Waals surface area contributed by atoms with Gasteiger partial charge in [-0.2, -0.15) is 9.40 Å². The van der Waals surface area contributed by atoms with Crippen LogP contribution in [-0.2, 0) is 16.6 Å². The summed E-state index contributed by atoms with van der Waals surface area (Å²) in [5.74, 6) is 0.464. The van der Waals surface area contributed by atoms with Gasteiger partial charge in [0.05, 0.1) is 23.0 Å². The van der Waals surface area contributed by atoms with Crippen molar-refractivity contribution >= 4 is 15.9 Å². The van der Waals surface area contributed by atoms with Crippen LogP contribution in [-0.4, -0.2) is 65.6 Å². The summed E-state index contributed by atoms with van der Waals surface area (Å²) in [6.07, 6.45) is 4.48. The summed E-state index contributed by atoms with van der Waals surface area (Å²) in [6.45, 7) is 7.14. The minimum atomic E-state index is -3.78. The molecule has 2 aliphatic rings. The van der Waals surface area contributed by atoms with E-state index < -0.39 is 10.0 Å². The number of para-hydroxylation sites is 1. The average Bonchev–Trinajstić information content (AvgIpc) is 3.12. The zero-order valence-electron chi connectivity index (χ0n) is 20.7. The Morgan fingerprint density at radius 1 is 1.06 bits per heavy atom.